The summed E-state index contributed by atoms with van der Waals surface area (Å²) in [6.45, 7) is 6.40. The largest absolute Gasteiger partial charge is 0.469 e. The number of methoxy groups -OCH3 is 1. The summed E-state index contributed by atoms with van der Waals surface area (Å²) in [5, 5.41) is 0. The number of ether oxygens (including phenoxy) is 1. The predicted molar refractivity (Wildman–Crippen MR) is 132 cm³/mol. The molecule has 0 radical (unpaired) electrons. The fraction of sp³-hybridized carbons (Fsp3) is 0.517. The molecule has 6 unspecified atom stereocenters. The molecule has 5 heteroatoms. The van der Waals surface area contributed by atoms with E-state index < -0.39 is 5.97 Å². The second kappa shape index (κ2) is 13.7. The molecule has 0 amide bonds. The van der Waals surface area contributed by atoms with Crippen molar-refractivity contribution in [2.75, 3.05) is 7.11 Å². The molecular weight excluding hydrogens is 428 g/mol. The van der Waals surface area contributed by atoms with Gasteiger partial charge in [-0.3, -0.25) is 19.2 Å². The van der Waals surface area contributed by atoms with Crippen molar-refractivity contribution in [1.29, 1.82) is 0 Å². The first-order chi connectivity index (χ1) is 16.2. The third-order valence-electron chi connectivity index (χ3n) is 6.91. The highest BCUT2D eigenvalue weighted by atomic mass is 16.5. The number of rotatable bonds is 5. The first-order valence-electron chi connectivity index (χ1n) is 12.1. The molecule has 4 bridgehead atoms. The zero-order valence-corrected chi connectivity index (χ0v) is 20.6. The topological polar surface area (TPSA) is 77.5 Å². The molecule has 6 atom stereocenters. The van der Waals surface area contributed by atoms with Crippen LogP contribution in [0.1, 0.15) is 52.4 Å². The van der Waals surface area contributed by atoms with E-state index in [1.165, 1.54) is 26.5 Å². The summed E-state index contributed by atoms with van der Waals surface area (Å²) >= 11 is 0. The van der Waals surface area contributed by atoms with Gasteiger partial charge in [0.05, 0.1) is 19.3 Å². The van der Waals surface area contributed by atoms with Crippen molar-refractivity contribution < 1.29 is 23.9 Å². The maximum Gasteiger partial charge on any atom is 0.313 e. The van der Waals surface area contributed by atoms with E-state index in [1.807, 2.05) is 12.2 Å². The number of hydrogen-bond acceptors (Lipinski definition) is 5. The Bertz CT molecular complexity index is 865. The van der Waals surface area contributed by atoms with E-state index in [9.17, 15) is 19.2 Å². The quantitative estimate of drug-likeness (QED) is 0.184. The van der Waals surface area contributed by atoms with Crippen LogP contribution in [0.2, 0.25) is 0 Å². The molecule has 34 heavy (non-hydrogen) atoms. The van der Waals surface area contributed by atoms with Gasteiger partial charge in [-0.1, -0.05) is 30.9 Å². The predicted octanol–water partition coefficient (Wildman–Crippen LogP) is 5.19. The van der Waals surface area contributed by atoms with Crippen LogP contribution in [0.5, 0.6) is 0 Å². The van der Waals surface area contributed by atoms with Crippen molar-refractivity contribution in [3.63, 3.8) is 0 Å². The number of carbonyl (C=O) groups excluding carboxylic acids is 4. The SMILES string of the molecule is C=CC(C)=O.CC(=O)C1CC2C=CC1C2.COC(=O)CC(=O)C1CC2C=CC1C2.[C+]1=CC=CC1. The molecule has 5 aliphatic carbocycles. The Morgan fingerprint density at radius 1 is 0.941 bits per heavy atom. The van der Waals surface area contributed by atoms with Crippen LogP contribution in [0.25, 0.3) is 0 Å². The number of allylic oxidation sites excluding steroid dienone is 9. The Balaban J connectivity index is 0.000000177. The zero-order valence-electron chi connectivity index (χ0n) is 20.6. The van der Waals surface area contributed by atoms with Crippen molar-refractivity contribution >= 4 is 23.3 Å². The van der Waals surface area contributed by atoms with Crippen molar-refractivity contribution in [3.05, 3.63) is 61.3 Å². The van der Waals surface area contributed by atoms with Crippen molar-refractivity contribution in [3.8, 4) is 0 Å². The Morgan fingerprint density at radius 2 is 1.50 bits per heavy atom. The van der Waals surface area contributed by atoms with E-state index in [2.05, 4.69) is 47.8 Å². The minimum atomic E-state index is -0.415. The second-order valence-electron chi connectivity index (χ2n) is 9.42. The minimum Gasteiger partial charge on any atom is -0.469 e. The third kappa shape index (κ3) is 8.46. The number of fused-ring (bicyclic) bond motifs is 4. The highest BCUT2D eigenvalue weighted by molar-refractivity contribution is 5.97. The average molecular weight is 466 g/mol. The lowest BCUT2D eigenvalue weighted by atomic mass is 9.88. The second-order valence-corrected chi connectivity index (χ2v) is 9.42. The molecule has 0 N–H and O–H groups in total. The molecule has 5 nitrogen and oxygen atoms in total. The van der Waals surface area contributed by atoms with E-state index in [-0.39, 0.29) is 23.9 Å². The third-order valence-corrected chi connectivity index (χ3v) is 6.91. The van der Waals surface area contributed by atoms with Crippen LogP contribution < -0.4 is 0 Å². The van der Waals surface area contributed by atoms with Crippen LogP contribution in [-0.4, -0.2) is 30.4 Å². The van der Waals surface area contributed by atoms with Crippen molar-refractivity contribution in [2.24, 2.45) is 35.5 Å². The molecule has 5 rings (SSSR count). The van der Waals surface area contributed by atoms with Crippen LogP contribution in [0.4, 0.5) is 0 Å². The highest BCUT2D eigenvalue weighted by Crippen LogP contribution is 2.44. The molecule has 2 saturated carbocycles. The standard InChI is InChI=1S/C11H14O3.C9H12O.C5H5.C4H6O/c1-14-11(13)6-10(12)9-5-7-2-3-8(9)4-7;1-6(10)9-5-7-2-3-8(9)4-7;1-2-4-5-3-1;1-3-4(2)5/h2-3,7-9H,4-6H2,1H3;2-3,7-9H,4-5H2,1H3;1-3H,4H2;3H,1H2,2H3/q;;+1;. The van der Waals surface area contributed by atoms with Gasteiger partial charge in [0, 0.05) is 17.9 Å². The first kappa shape index (κ1) is 27.3. The molecule has 0 aromatic heterocycles. The molecule has 0 heterocycles. The van der Waals surface area contributed by atoms with Gasteiger partial charge in [0.15, 0.2) is 11.9 Å². The Hall–Kier alpha value is -2.91. The molecule has 0 aliphatic heterocycles. The van der Waals surface area contributed by atoms with E-state index in [4.69, 9.17) is 0 Å². The van der Waals surface area contributed by atoms with Crippen LogP contribution in [0.3, 0.4) is 0 Å². The maximum atomic E-state index is 11.7. The van der Waals surface area contributed by atoms with Gasteiger partial charge in [0.1, 0.15) is 24.4 Å². The van der Waals surface area contributed by atoms with Gasteiger partial charge in [-0.25, -0.2) is 0 Å². The van der Waals surface area contributed by atoms with Gasteiger partial charge in [0.25, 0.3) is 0 Å². The molecule has 0 spiro atoms. The monoisotopic (exact) mass is 465 g/mol. The summed E-state index contributed by atoms with van der Waals surface area (Å²) in [7, 11) is 1.32. The number of hydrogen-bond donors (Lipinski definition) is 0. The van der Waals surface area contributed by atoms with Crippen LogP contribution in [0, 0.1) is 41.6 Å². The average Bonchev–Trinajstić information content (AvgIpc) is 3.67. The number of ketones is 3. The fourth-order valence-electron chi connectivity index (χ4n) is 5.08. The summed E-state index contributed by atoms with van der Waals surface area (Å²) in [5.41, 5.74) is 0. The van der Waals surface area contributed by atoms with E-state index in [0.717, 1.165) is 31.6 Å². The summed E-state index contributed by atoms with van der Waals surface area (Å²) in [6.07, 6.45) is 24.4. The van der Waals surface area contributed by atoms with Crippen molar-refractivity contribution in [1.82, 2.24) is 0 Å². The van der Waals surface area contributed by atoms with E-state index in [0.29, 0.717) is 29.5 Å². The van der Waals surface area contributed by atoms with Gasteiger partial charge in [0.2, 0.25) is 0 Å². The van der Waals surface area contributed by atoms with E-state index in [1.54, 1.807) is 6.92 Å². The lowest BCUT2D eigenvalue weighted by molar-refractivity contribution is -0.144. The van der Waals surface area contributed by atoms with E-state index >= 15 is 0 Å². The number of esters is 1. The fourth-order valence-corrected chi connectivity index (χ4v) is 5.08. The number of Topliss-reactive ketones (excluding diaryl/α,β-unsaturated/α-hetero) is 2. The summed E-state index contributed by atoms with van der Waals surface area (Å²) in [4.78, 5) is 43.3. The highest BCUT2D eigenvalue weighted by Gasteiger charge is 2.40. The Kier molecular flexibility index (Phi) is 11.0. The molecule has 0 saturated heterocycles. The van der Waals surface area contributed by atoms with Gasteiger partial charge >= 0.3 is 5.97 Å². The molecule has 0 aromatic carbocycles. The normalized spacial score (nSPS) is 29.6. The first-order valence-corrected chi connectivity index (χ1v) is 12.1. The molecule has 0 aromatic rings. The molecule has 182 valence electrons. The summed E-state index contributed by atoms with van der Waals surface area (Å²) in [5.74, 6) is 2.78. The summed E-state index contributed by atoms with van der Waals surface area (Å²) < 4.78 is 4.48. The van der Waals surface area contributed by atoms with Gasteiger partial charge in [-0.15, -0.1) is 0 Å². The molecule has 2 fully saturated rings. The smallest absolute Gasteiger partial charge is 0.313 e. The minimum absolute atomic E-state index is 0.0185. The Morgan fingerprint density at radius 3 is 1.76 bits per heavy atom. The number of carbonyl (C=O) groups is 4. The van der Waals surface area contributed by atoms with Crippen LogP contribution in [-0.2, 0) is 23.9 Å². The van der Waals surface area contributed by atoms with Crippen LogP contribution >= 0.6 is 0 Å². The van der Waals surface area contributed by atoms with Gasteiger partial charge < -0.3 is 4.74 Å². The summed E-state index contributed by atoms with van der Waals surface area (Å²) in [6, 6.07) is 0. The van der Waals surface area contributed by atoms with Crippen LogP contribution in [0.15, 0.2) is 55.2 Å². The van der Waals surface area contributed by atoms with Gasteiger partial charge in [-0.2, -0.15) is 0 Å². The lowest BCUT2D eigenvalue weighted by Crippen LogP contribution is -2.22. The van der Waals surface area contributed by atoms with Crippen molar-refractivity contribution in [2.45, 2.75) is 52.4 Å². The Labute approximate surface area is 203 Å². The zero-order chi connectivity index (χ0) is 25.1. The van der Waals surface area contributed by atoms with Gasteiger partial charge in [-0.05, 0) is 69.3 Å². The lowest BCUT2D eigenvalue weighted by Gasteiger charge is -2.15. The molecular formula is C29H37O5+. The maximum absolute atomic E-state index is 11.7. The molecule has 5 aliphatic rings.